The zero-order chi connectivity index (χ0) is 12.7. The lowest BCUT2D eigenvalue weighted by atomic mass is 10.1. The fraction of sp³-hybridized carbons (Fsp3) is 0. The summed E-state index contributed by atoms with van der Waals surface area (Å²) in [6.07, 6.45) is 0. The molecule has 0 atom stereocenters. The van der Waals surface area contributed by atoms with Crippen LogP contribution in [0.5, 0.6) is 0 Å². The zero-order valence-electron chi connectivity index (χ0n) is 9.09. The molecular formula is C13H7ClN2O2. The van der Waals surface area contributed by atoms with E-state index in [0.717, 1.165) is 0 Å². The van der Waals surface area contributed by atoms with Crippen LogP contribution in [0.15, 0.2) is 36.4 Å². The van der Waals surface area contributed by atoms with E-state index >= 15 is 0 Å². The first-order valence-electron chi connectivity index (χ1n) is 5.24. The van der Waals surface area contributed by atoms with E-state index in [-0.39, 0.29) is 5.56 Å². The number of carboxylic acid groups (broad SMARTS) is 1. The Morgan fingerprint density at radius 2 is 1.89 bits per heavy atom. The molecule has 0 aliphatic heterocycles. The molecule has 0 unspecified atom stereocenters. The first-order valence-corrected chi connectivity index (χ1v) is 5.62. The van der Waals surface area contributed by atoms with Crippen molar-refractivity contribution in [2.45, 2.75) is 0 Å². The Hall–Kier alpha value is -2.20. The summed E-state index contributed by atoms with van der Waals surface area (Å²) < 4.78 is 0. The second-order valence-electron chi connectivity index (χ2n) is 3.84. The van der Waals surface area contributed by atoms with Crippen molar-refractivity contribution in [2.75, 3.05) is 0 Å². The summed E-state index contributed by atoms with van der Waals surface area (Å²) in [5.74, 6) is -1.01. The predicted molar refractivity (Wildman–Crippen MR) is 69.0 cm³/mol. The van der Waals surface area contributed by atoms with Crippen LogP contribution in [0.3, 0.4) is 0 Å². The molecule has 0 radical (unpaired) electrons. The van der Waals surface area contributed by atoms with Gasteiger partial charge in [0.25, 0.3) is 0 Å². The van der Waals surface area contributed by atoms with Gasteiger partial charge in [-0.05, 0) is 30.3 Å². The lowest BCUT2D eigenvalue weighted by molar-refractivity contribution is 0.0699. The van der Waals surface area contributed by atoms with Gasteiger partial charge in [0, 0.05) is 5.02 Å². The summed E-state index contributed by atoms with van der Waals surface area (Å²) in [7, 11) is 0. The molecule has 3 rings (SSSR count). The van der Waals surface area contributed by atoms with Gasteiger partial charge in [-0.15, -0.1) is 0 Å². The second kappa shape index (κ2) is 3.92. The van der Waals surface area contributed by atoms with Crippen molar-refractivity contribution in [1.82, 2.24) is 9.97 Å². The Morgan fingerprint density at radius 3 is 2.67 bits per heavy atom. The van der Waals surface area contributed by atoms with Crippen LogP contribution in [0, 0.1) is 0 Å². The van der Waals surface area contributed by atoms with Gasteiger partial charge in [0.05, 0.1) is 22.1 Å². The minimum absolute atomic E-state index is 0.150. The summed E-state index contributed by atoms with van der Waals surface area (Å²) in [4.78, 5) is 19.8. The number of aromatic carboxylic acids is 1. The first-order chi connectivity index (χ1) is 8.65. The highest BCUT2D eigenvalue weighted by Crippen LogP contribution is 2.21. The summed E-state index contributed by atoms with van der Waals surface area (Å²) in [6, 6.07) is 10.0. The molecule has 0 aliphatic rings. The fourth-order valence-electron chi connectivity index (χ4n) is 1.84. The van der Waals surface area contributed by atoms with Crippen LogP contribution >= 0.6 is 11.6 Å². The van der Waals surface area contributed by atoms with Crippen molar-refractivity contribution < 1.29 is 9.90 Å². The van der Waals surface area contributed by atoms with Gasteiger partial charge < -0.3 is 5.11 Å². The molecule has 4 nitrogen and oxygen atoms in total. The Labute approximate surface area is 107 Å². The highest BCUT2D eigenvalue weighted by molar-refractivity contribution is 6.31. The largest absolute Gasteiger partial charge is 0.478 e. The van der Waals surface area contributed by atoms with Crippen LogP contribution in [0.25, 0.3) is 22.1 Å². The average Bonchev–Trinajstić information content (AvgIpc) is 2.35. The van der Waals surface area contributed by atoms with Gasteiger partial charge in [-0.2, -0.15) is 0 Å². The molecule has 0 spiro atoms. The predicted octanol–water partition coefficient (Wildman–Crippen LogP) is 3.13. The summed E-state index contributed by atoms with van der Waals surface area (Å²) >= 11 is 5.89. The van der Waals surface area contributed by atoms with Crippen molar-refractivity contribution in [2.24, 2.45) is 0 Å². The van der Waals surface area contributed by atoms with Gasteiger partial charge in [-0.3, -0.25) is 0 Å². The molecule has 1 aromatic heterocycles. The number of carbonyl (C=O) groups is 1. The maximum absolute atomic E-state index is 11.1. The van der Waals surface area contributed by atoms with Crippen LogP contribution in [0.1, 0.15) is 10.4 Å². The number of carboxylic acids is 1. The van der Waals surface area contributed by atoms with Crippen LogP contribution in [-0.2, 0) is 0 Å². The van der Waals surface area contributed by atoms with E-state index in [1.165, 1.54) is 6.07 Å². The van der Waals surface area contributed by atoms with Gasteiger partial charge in [0.1, 0.15) is 5.52 Å². The number of benzene rings is 2. The SMILES string of the molecule is O=C(O)c1cccc2nc3cc(Cl)ccc3nc12. The zero-order valence-corrected chi connectivity index (χ0v) is 9.85. The highest BCUT2D eigenvalue weighted by atomic mass is 35.5. The monoisotopic (exact) mass is 258 g/mol. The standard InChI is InChI=1S/C13H7ClN2O2/c14-7-4-5-9-11(6-7)15-10-3-1-2-8(13(17)18)12(10)16-9/h1-6H,(H,17,18). The molecule has 18 heavy (non-hydrogen) atoms. The molecule has 0 saturated carbocycles. The quantitative estimate of drug-likeness (QED) is 0.681. The number of nitrogens with zero attached hydrogens (tertiary/aromatic N) is 2. The highest BCUT2D eigenvalue weighted by Gasteiger charge is 2.11. The Bertz CT molecular complexity index is 786. The molecule has 1 heterocycles. The number of halogens is 1. The van der Waals surface area contributed by atoms with E-state index in [2.05, 4.69) is 9.97 Å². The molecule has 5 heteroatoms. The van der Waals surface area contributed by atoms with Gasteiger partial charge in [0.2, 0.25) is 0 Å². The third kappa shape index (κ3) is 1.67. The molecule has 0 amide bonds. The molecule has 0 bridgehead atoms. The molecule has 88 valence electrons. The molecule has 0 saturated heterocycles. The van der Waals surface area contributed by atoms with Crippen molar-refractivity contribution in [3.8, 4) is 0 Å². The van der Waals surface area contributed by atoms with Gasteiger partial charge in [0.15, 0.2) is 0 Å². The Kier molecular flexibility index (Phi) is 2.38. The van der Waals surface area contributed by atoms with Gasteiger partial charge in [-0.25, -0.2) is 14.8 Å². The van der Waals surface area contributed by atoms with E-state index in [1.807, 2.05) is 0 Å². The van der Waals surface area contributed by atoms with Gasteiger partial charge in [-0.1, -0.05) is 17.7 Å². The van der Waals surface area contributed by atoms with E-state index < -0.39 is 5.97 Å². The van der Waals surface area contributed by atoms with E-state index in [0.29, 0.717) is 27.1 Å². The van der Waals surface area contributed by atoms with Crippen LogP contribution in [0.4, 0.5) is 0 Å². The molecule has 0 fully saturated rings. The number of para-hydroxylation sites is 1. The third-order valence-electron chi connectivity index (χ3n) is 2.66. The molecule has 3 aromatic rings. The van der Waals surface area contributed by atoms with E-state index in [1.54, 1.807) is 30.3 Å². The van der Waals surface area contributed by atoms with Crippen LogP contribution in [0.2, 0.25) is 5.02 Å². The third-order valence-corrected chi connectivity index (χ3v) is 2.89. The summed E-state index contributed by atoms with van der Waals surface area (Å²) in [6.45, 7) is 0. The van der Waals surface area contributed by atoms with Crippen molar-refractivity contribution in [1.29, 1.82) is 0 Å². The smallest absolute Gasteiger partial charge is 0.337 e. The normalized spacial score (nSPS) is 10.9. The summed E-state index contributed by atoms with van der Waals surface area (Å²) in [5.41, 5.74) is 2.36. The van der Waals surface area contributed by atoms with Crippen molar-refractivity contribution >= 4 is 39.6 Å². The van der Waals surface area contributed by atoms with Crippen molar-refractivity contribution in [3.05, 3.63) is 47.0 Å². The van der Waals surface area contributed by atoms with E-state index in [9.17, 15) is 4.79 Å². The molecule has 0 aliphatic carbocycles. The van der Waals surface area contributed by atoms with Gasteiger partial charge >= 0.3 is 5.97 Å². The minimum atomic E-state index is -1.01. The second-order valence-corrected chi connectivity index (χ2v) is 4.27. The molecule has 2 aromatic carbocycles. The van der Waals surface area contributed by atoms with E-state index in [4.69, 9.17) is 16.7 Å². The van der Waals surface area contributed by atoms with Crippen LogP contribution < -0.4 is 0 Å². The fourth-order valence-corrected chi connectivity index (χ4v) is 2.01. The number of fused-ring (bicyclic) bond motifs is 2. The minimum Gasteiger partial charge on any atom is -0.478 e. The Morgan fingerprint density at radius 1 is 1.06 bits per heavy atom. The number of rotatable bonds is 1. The maximum Gasteiger partial charge on any atom is 0.337 e. The number of hydrogen-bond acceptors (Lipinski definition) is 3. The first kappa shape index (κ1) is 10.9. The lowest BCUT2D eigenvalue weighted by Gasteiger charge is -2.03. The van der Waals surface area contributed by atoms with Crippen LogP contribution in [-0.4, -0.2) is 21.0 Å². The lowest BCUT2D eigenvalue weighted by Crippen LogP contribution is -2.00. The maximum atomic E-state index is 11.1. The topological polar surface area (TPSA) is 63.1 Å². The van der Waals surface area contributed by atoms with Crippen molar-refractivity contribution in [3.63, 3.8) is 0 Å². The molecule has 1 N–H and O–H groups in total. The Balaban J connectivity index is 2.44. The number of aromatic nitrogens is 2. The average molecular weight is 259 g/mol. The number of hydrogen-bond donors (Lipinski definition) is 1. The summed E-state index contributed by atoms with van der Waals surface area (Å²) in [5, 5.41) is 9.68. The molecular weight excluding hydrogens is 252 g/mol.